The van der Waals surface area contributed by atoms with E-state index in [4.69, 9.17) is 9.84 Å². The fourth-order valence-corrected chi connectivity index (χ4v) is 2.72. The second-order valence-corrected chi connectivity index (χ2v) is 5.53. The second-order valence-electron chi connectivity index (χ2n) is 5.53. The summed E-state index contributed by atoms with van der Waals surface area (Å²) in [7, 11) is 0. The number of carbonyl (C=O) groups excluding carboxylic acids is 2. The van der Waals surface area contributed by atoms with Crippen LogP contribution in [0.3, 0.4) is 0 Å². The van der Waals surface area contributed by atoms with Crippen molar-refractivity contribution < 1.29 is 19.4 Å². The van der Waals surface area contributed by atoms with Gasteiger partial charge in [0.05, 0.1) is 6.61 Å². The molecule has 1 unspecified atom stereocenters. The van der Waals surface area contributed by atoms with E-state index in [1.165, 1.54) is 0 Å². The van der Waals surface area contributed by atoms with E-state index in [0.29, 0.717) is 52.0 Å². The lowest BCUT2D eigenvalue weighted by Gasteiger charge is -2.34. The highest BCUT2D eigenvalue weighted by Crippen LogP contribution is 2.18. The number of aliphatic hydroxyl groups is 1. The molecule has 2 aliphatic rings. The van der Waals surface area contributed by atoms with Gasteiger partial charge in [-0.15, -0.1) is 0 Å². The fraction of sp³-hybridized carbons (Fsp3) is 0.857. The quantitative estimate of drug-likeness (QED) is 0.550. The van der Waals surface area contributed by atoms with Crippen LogP contribution in [0.25, 0.3) is 0 Å². The van der Waals surface area contributed by atoms with Gasteiger partial charge in [-0.25, -0.2) is 0 Å². The van der Waals surface area contributed by atoms with Crippen molar-refractivity contribution in [3.63, 3.8) is 0 Å². The Labute approximate surface area is 125 Å². The molecule has 2 heterocycles. The third-order valence-corrected chi connectivity index (χ3v) is 4.01. The van der Waals surface area contributed by atoms with Gasteiger partial charge in [-0.3, -0.25) is 9.59 Å². The molecule has 0 radical (unpaired) electrons. The first kappa shape index (κ1) is 16.2. The molecule has 0 aromatic carbocycles. The monoisotopic (exact) mass is 299 g/mol. The number of piperidine rings is 1. The Balaban J connectivity index is 1.72. The van der Waals surface area contributed by atoms with E-state index in [1.807, 2.05) is 0 Å². The van der Waals surface area contributed by atoms with Crippen LogP contribution < -0.4 is 10.6 Å². The number of morpholine rings is 1. The molecule has 7 nitrogen and oxygen atoms in total. The van der Waals surface area contributed by atoms with E-state index in [9.17, 15) is 9.59 Å². The Morgan fingerprint density at radius 1 is 1.33 bits per heavy atom. The van der Waals surface area contributed by atoms with Crippen LogP contribution in [-0.2, 0) is 14.3 Å². The summed E-state index contributed by atoms with van der Waals surface area (Å²) < 4.78 is 5.48. The van der Waals surface area contributed by atoms with Crippen LogP contribution in [0.2, 0.25) is 0 Å². The number of nitrogens with zero attached hydrogens (tertiary/aromatic N) is 1. The molecule has 1 atom stereocenters. The average Bonchev–Trinajstić information content (AvgIpc) is 2.55. The maximum absolute atomic E-state index is 12.3. The van der Waals surface area contributed by atoms with Gasteiger partial charge in [0.2, 0.25) is 5.91 Å². The van der Waals surface area contributed by atoms with Gasteiger partial charge >= 0.3 is 0 Å². The van der Waals surface area contributed by atoms with Crippen molar-refractivity contribution >= 4 is 11.8 Å². The maximum atomic E-state index is 12.3. The van der Waals surface area contributed by atoms with Gasteiger partial charge in [-0.2, -0.15) is 0 Å². The number of hydrogen-bond donors (Lipinski definition) is 3. The molecule has 7 heteroatoms. The van der Waals surface area contributed by atoms with Crippen molar-refractivity contribution in [2.75, 3.05) is 45.9 Å². The zero-order valence-corrected chi connectivity index (χ0v) is 12.3. The molecule has 2 aliphatic heterocycles. The van der Waals surface area contributed by atoms with Crippen LogP contribution in [0.15, 0.2) is 0 Å². The third-order valence-electron chi connectivity index (χ3n) is 4.01. The summed E-state index contributed by atoms with van der Waals surface area (Å²) in [4.78, 5) is 26.0. The second kappa shape index (κ2) is 8.31. The molecule has 0 aromatic heterocycles. The first-order chi connectivity index (χ1) is 10.2. The molecule has 0 bridgehead atoms. The minimum Gasteiger partial charge on any atom is -0.396 e. The van der Waals surface area contributed by atoms with Crippen LogP contribution in [0.1, 0.15) is 19.3 Å². The molecule has 21 heavy (non-hydrogen) atoms. The maximum Gasteiger partial charge on any atom is 0.253 e. The molecule has 2 amide bonds. The van der Waals surface area contributed by atoms with Crippen LogP contribution >= 0.6 is 0 Å². The van der Waals surface area contributed by atoms with Crippen LogP contribution in [0.4, 0.5) is 0 Å². The van der Waals surface area contributed by atoms with Crippen molar-refractivity contribution in [1.82, 2.24) is 15.5 Å². The zero-order valence-electron chi connectivity index (χ0n) is 12.3. The highest BCUT2D eigenvalue weighted by Gasteiger charge is 2.31. The number of likely N-dealkylation sites (tertiary alicyclic amines) is 1. The molecule has 0 spiro atoms. The summed E-state index contributed by atoms with van der Waals surface area (Å²) >= 11 is 0. The summed E-state index contributed by atoms with van der Waals surface area (Å²) in [5.41, 5.74) is 0. The predicted molar refractivity (Wildman–Crippen MR) is 76.6 cm³/mol. The molecule has 2 fully saturated rings. The molecule has 2 saturated heterocycles. The summed E-state index contributed by atoms with van der Waals surface area (Å²) in [5, 5.41) is 14.7. The van der Waals surface area contributed by atoms with Gasteiger partial charge in [0.15, 0.2) is 0 Å². The molecule has 0 saturated carbocycles. The standard InChI is InChI=1S/C14H25N3O4/c18-8-1-4-16-13(19)11-2-6-17(7-3-11)14(20)12-10-15-5-9-21-12/h11-12,15,18H,1-10H2,(H,16,19). The van der Waals surface area contributed by atoms with E-state index in [-0.39, 0.29) is 30.4 Å². The highest BCUT2D eigenvalue weighted by atomic mass is 16.5. The van der Waals surface area contributed by atoms with E-state index >= 15 is 0 Å². The first-order valence-corrected chi connectivity index (χ1v) is 7.72. The van der Waals surface area contributed by atoms with Gasteiger partial charge in [0, 0.05) is 45.2 Å². The number of nitrogens with one attached hydrogen (secondary N) is 2. The van der Waals surface area contributed by atoms with Crippen LogP contribution in [0.5, 0.6) is 0 Å². The SMILES string of the molecule is O=C(NCCCO)C1CCN(C(=O)C2CNCCO2)CC1. The zero-order chi connectivity index (χ0) is 15.1. The lowest BCUT2D eigenvalue weighted by molar-refractivity contribution is -0.147. The lowest BCUT2D eigenvalue weighted by Crippen LogP contribution is -2.52. The normalized spacial score (nSPS) is 23.9. The number of hydrogen-bond acceptors (Lipinski definition) is 5. The van der Waals surface area contributed by atoms with E-state index < -0.39 is 0 Å². The molecular weight excluding hydrogens is 274 g/mol. The van der Waals surface area contributed by atoms with E-state index in [2.05, 4.69) is 10.6 Å². The van der Waals surface area contributed by atoms with Crippen LogP contribution in [-0.4, -0.2) is 73.9 Å². The van der Waals surface area contributed by atoms with Gasteiger partial charge in [0.1, 0.15) is 6.10 Å². The average molecular weight is 299 g/mol. The molecule has 0 aromatic rings. The summed E-state index contributed by atoms with van der Waals surface area (Å²) in [5.74, 6) is 0.0330. The Bertz CT molecular complexity index is 350. The summed E-state index contributed by atoms with van der Waals surface area (Å²) in [6.07, 6.45) is 1.58. The van der Waals surface area contributed by atoms with Crippen molar-refractivity contribution in [1.29, 1.82) is 0 Å². The molecule has 2 rings (SSSR count). The van der Waals surface area contributed by atoms with Crippen molar-refractivity contribution in [2.45, 2.75) is 25.4 Å². The Morgan fingerprint density at radius 3 is 2.71 bits per heavy atom. The topological polar surface area (TPSA) is 90.9 Å². The van der Waals surface area contributed by atoms with Crippen molar-refractivity contribution in [2.24, 2.45) is 5.92 Å². The fourth-order valence-electron chi connectivity index (χ4n) is 2.72. The number of carbonyl (C=O) groups is 2. The number of ether oxygens (including phenoxy) is 1. The van der Waals surface area contributed by atoms with Gasteiger partial charge in [-0.1, -0.05) is 0 Å². The van der Waals surface area contributed by atoms with E-state index in [1.54, 1.807) is 4.90 Å². The van der Waals surface area contributed by atoms with Crippen LogP contribution in [0, 0.1) is 5.92 Å². The number of amides is 2. The number of rotatable bonds is 5. The predicted octanol–water partition coefficient (Wildman–Crippen LogP) is -1.29. The van der Waals surface area contributed by atoms with Gasteiger partial charge in [0.25, 0.3) is 5.91 Å². The minimum atomic E-state index is -0.381. The summed E-state index contributed by atoms with van der Waals surface area (Å²) in [6.45, 7) is 3.74. The molecule has 0 aliphatic carbocycles. The van der Waals surface area contributed by atoms with Crippen molar-refractivity contribution in [3.8, 4) is 0 Å². The first-order valence-electron chi connectivity index (χ1n) is 7.72. The summed E-state index contributed by atoms with van der Waals surface area (Å²) in [6, 6.07) is 0. The minimum absolute atomic E-state index is 0.0290. The lowest BCUT2D eigenvalue weighted by atomic mass is 9.95. The smallest absolute Gasteiger partial charge is 0.253 e. The number of aliphatic hydroxyl groups excluding tert-OH is 1. The molecular formula is C14H25N3O4. The Kier molecular flexibility index (Phi) is 6.41. The Hall–Kier alpha value is -1.18. The largest absolute Gasteiger partial charge is 0.396 e. The van der Waals surface area contributed by atoms with E-state index in [0.717, 1.165) is 6.54 Å². The molecule has 120 valence electrons. The van der Waals surface area contributed by atoms with Crippen molar-refractivity contribution in [3.05, 3.63) is 0 Å². The Morgan fingerprint density at radius 2 is 2.10 bits per heavy atom. The van der Waals surface area contributed by atoms with Gasteiger partial charge in [-0.05, 0) is 19.3 Å². The van der Waals surface area contributed by atoms with Gasteiger partial charge < -0.3 is 25.4 Å². The molecule has 3 N–H and O–H groups in total. The third kappa shape index (κ3) is 4.66. The highest BCUT2D eigenvalue weighted by molar-refractivity contribution is 5.82.